The van der Waals surface area contributed by atoms with Crippen molar-refractivity contribution in [3.63, 3.8) is 0 Å². The van der Waals surface area contributed by atoms with Crippen LogP contribution in [0.4, 0.5) is 0 Å². The molecule has 10 N–H and O–H groups in total. The van der Waals surface area contributed by atoms with E-state index in [0.717, 1.165) is 6.92 Å². The van der Waals surface area contributed by atoms with Crippen molar-refractivity contribution in [2.75, 3.05) is 0 Å². The zero-order valence-corrected chi connectivity index (χ0v) is 19.1. The Kier molecular flexibility index (Phi) is 11.3. The quantitative estimate of drug-likeness (QED) is 0.122. The van der Waals surface area contributed by atoms with Crippen LogP contribution >= 0.6 is 0 Å². The Labute approximate surface area is 204 Å². The number of aliphatic hydroxyl groups is 1. The molecule has 0 aromatic heterocycles. The normalized spacial score (nSPS) is 14.9. The van der Waals surface area contributed by atoms with Crippen LogP contribution in [0.1, 0.15) is 25.3 Å². The number of carboxylic acid groups (broad SMARTS) is 3. The number of carbonyl (C=O) groups is 6. The third-order valence-electron chi connectivity index (χ3n) is 4.80. The lowest BCUT2D eigenvalue weighted by atomic mass is 10.0. The summed E-state index contributed by atoms with van der Waals surface area (Å²) in [4.78, 5) is 71.1. The van der Waals surface area contributed by atoms with E-state index in [1.807, 2.05) is 5.32 Å². The molecule has 0 spiro atoms. The lowest BCUT2D eigenvalue weighted by Crippen LogP contribution is -2.59. The molecule has 15 heteroatoms. The zero-order valence-electron chi connectivity index (χ0n) is 19.1. The maximum Gasteiger partial charge on any atom is 0.328 e. The molecule has 1 aromatic carbocycles. The van der Waals surface area contributed by atoms with Gasteiger partial charge in [-0.2, -0.15) is 0 Å². The van der Waals surface area contributed by atoms with Gasteiger partial charge in [0.25, 0.3) is 0 Å². The fraction of sp³-hybridized carbons (Fsp3) is 0.429. The predicted molar refractivity (Wildman–Crippen MR) is 119 cm³/mol. The van der Waals surface area contributed by atoms with E-state index in [9.17, 15) is 44.1 Å². The summed E-state index contributed by atoms with van der Waals surface area (Å²) < 4.78 is 0. The van der Waals surface area contributed by atoms with Crippen molar-refractivity contribution in [3.8, 4) is 5.75 Å². The molecule has 15 nitrogen and oxygen atoms in total. The number of hydrogen-bond donors (Lipinski definition) is 9. The van der Waals surface area contributed by atoms with Crippen LogP contribution in [-0.2, 0) is 35.2 Å². The molecule has 0 aliphatic rings. The Bertz CT molecular complexity index is 981. The Morgan fingerprint density at radius 2 is 1.31 bits per heavy atom. The number of aliphatic hydroxyl groups excluding tert-OH is 1. The number of nitrogens with one attached hydrogen (secondary N) is 3. The van der Waals surface area contributed by atoms with Crippen molar-refractivity contribution in [2.45, 2.75) is 56.5 Å². The Morgan fingerprint density at radius 3 is 1.78 bits per heavy atom. The van der Waals surface area contributed by atoms with E-state index in [1.165, 1.54) is 24.3 Å². The van der Waals surface area contributed by atoms with Crippen molar-refractivity contribution < 1.29 is 54.3 Å². The summed E-state index contributed by atoms with van der Waals surface area (Å²) in [5.41, 5.74) is 5.84. The first-order valence-electron chi connectivity index (χ1n) is 10.5. The number of phenolic OH excluding ortho intramolecular Hbond substituents is 1. The van der Waals surface area contributed by atoms with E-state index in [0.29, 0.717) is 5.56 Å². The number of carbonyl (C=O) groups excluding carboxylic acids is 3. The highest BCUT2D eigenvalue weighted by Gasteiger charge is 2.33. The number of hydrogen-bond acceptors (Lipinski definition) is 9. The van der Waals surface area contributed by atoms with E-state index in [4.69, 9.17) is 15.9 Å². The molecule has 0 saturated carbocycles. The van der Waals surface area contributed by atoms with Gasteiger partial charge in [-0.1, -0.05) is 12.1 Å². The molecule has 5 atom stereocenters. The molecule has 1 aromatic rings. The number of amides is 3. The SMILES string of the molecule is CC(O)C(NC(=O)C(Cc1ccc(O)cc1)NC(=O)C(CC(=O)O)NC(=O)C(N)CC(=O)O)C(=O)O. The Balaban J connectivity index is 3.17. The van der Waals surface area contributed by atoms with Gasteiger partial charge >= 0.3 is 17.9 Å². The largest absolute Gasteiger partial charge is 0.508 e. The highest BCUT2D eigenvalue weighted by molar-refractivity contribution is 5.96. The summed E-state index contributed by atoms with van der Waals surface area (Å²) in [6.07, 6.45) is -3.51. The molecular formula is C21H28N4O11. The van der Waals surface area contributed by atoms with Crippen molar-refractivity contribution >= 4 is 35.6 Å². The molecule has 0 heterocycles. The Morgan fingerprint density at radius 1 is 0.806 bits per heavy atom. The van der Waals surface area contributed by atoms with Crippen LogP contribution in [0, 0.1) is 0 Å². The average Bonchev–Trinajstić information content (AvgIpc) is 2.76. The summed E-state index contributed by atoms with van der Waals surface area (Å²) in [5, 5.41) is 52.5. The Hall–Kier alpha value is -4.24. The second-order valence-corrected chi connectivity index (χ2v) is 7.86. The van der Waals surface area contributed by atoms with Gasteiger partial charge < -0.3 is 47.2 Å². The van der Waals surface area contributed by atoms with Crippen LogP contribution in [0.25, 0.3) is 0 Å². The molecule has 36 heavy (non-hydrogen) atoms. The lowest BCUT2D eigenvalue weighted by Gasteiger charge is -2.25. The average molecular weight is 512 g/mol. The van der Waals surface area contributed by atoms with Crippen molar-refractivity contribution in [1.82, 2.24) is 16.0 Å². The van der Waals surface area contributed by atoms with Crippen LogP contribution in [0.5, 0.6) is 5.75 Å². The standard InChI is InChI=1S/C21H28N4O11/c1-9(26)17(21(35)36)25-20(34)13(6-10-2-4-11(27)5-3-10)24-19(33)14(8-16(30)31)23-18(32)12(22)7-15(28)29/h2-5,9,12-14,17,26-27H,6-8,22H2,1H3,(H,23,32)(H,24,33)(H,25,34)(H,28,29)(H,30,31)(H,35,36). The first-order chi connectivity index (χ1) is 16.7. The van der Waals surface area contributed by atoms with Gasteiger partial charge in [-0.05, 0) is 24.6 Å². The van der Waals surface area contributed by atoms with Crippen molar-refractivity contribution in [1.29, 1.82) is 0 Å². The number of carboxylic acids is 3. The fourth-order valence-electron chi connectivity index (χ4n) is 2.94. The molecule has 0 radical (unpaired) electrons. The van der Waals surface area contributed by atoms with Gasteiger partial charge in [0.15, 0.2) is 6.04 Å². The topological polar surface area (TPSA) is 266 Å². The molecule has 0 aliphatic carbocycles. The molecule has 5 unspecified atom stereocenters. The molecule has 0 saturated heterocycles. The van der Waals surface area contributed by atoms with E-state index >= 15 is 0 Å². The van der Waals surface area contributed by atoms with E-state index in [1.54, 1.807) is 0 Å². The number of phenols is 1. The minimum absolute atomic E-state index is 0.0919. The highest BCUT2D eigenvalue weighted by Crippen LogP contribution is 2.12. The second-order valence-electron chi connectivity index (χ2n) is 7.86. The molecule has 0 fully saturated rings. The van der Waals surface area contributed by atoms with Crippen molar-refractivity contribution in [2.24, 2.45) is 5.73 Å². The van der Waals surface area contributed by atoms with E-state index in [2.05, 4.69) is 10.6 Å². The van der Waals surface area contributed by atoms with Gasteiger partial charge in [0.05, 0.1) is 25.0 Å². The first-order valence-corrected chi connectivity index (χ1v) is 10.5. The molecule has 1 rings (SSSR count). The van der Waals surface area contributed by atoms with Crippen LogP contribution < -0.4 is 21.7 Å². The van der Waals surface area contributed by atoms with Crippen LogP contribution in [0.3, 0.4) is 0 Å². The maximum absolute atomic E-state index is 12.8. The van der Waals surface area contributed by atoms with Gasteiger partial charge in [-0.25, -0.2) is 4.79 Å². The number of aromatic hydroxyl groups is 1. The van der Waals surface area contributed by atoms with Crippen LogP contribution in [0.2, 0.25) is 0 Å². The molecule has 198 valence electrons. The van der Waals surface area contributed by atoms with E-state index in [-0.39, 0.29) is 12.2 Å². The number of rotatable bonds is 14. The molecule has 0 bridgehead atoms. The van der Waals surface area contributed by atoms with E-state index < -0.39 is 78.7 Å². The minimum atomic E-state index is -1.77. The number of aliphatic carboxylic acids is 3. The number of nitrogens with two attached hydrogens (primary N) is 1. The monoisotopic (exact) mass is 512 g/mol. The number of benzene rings is 1. The summed E-state index contributed by atoms with van der Waals surface area (Å²) in [6.45, 7) is 1.12. The third-order valence-corrected chi connectivity index (χ3v) is 4.80. The van der Waals surface area contributed by atoms with Crippen molar-refractivity contribution in [3.05, 3.63) is 29.8 Å². The zero-order chi connectivity index (χ0) is 27.6. The second kappa shape index (κ2) is 13.6. The summed E-state index contributed by atoms with van der Waals surface area (Å²) in [5.74, 6) is -7.90. The summed E-state index contributed by atoms with van der Waals surface area (Å²) in [7, 11) is 0. The summed E-state index contributed by atoms with van der Waals surface area (Å²) in [6, 6.07) is -1.21. The maximum atomic E-state index is 12.8. The predicted octanol–water partition coefficient (Wildman–Crippen LogP) is -2.87. The lowest BCUT2D eigenvalue weighted by molar-refractivity contribution is -0.145. The van der Waals surface area contributed by atoms with Crippen LogP contribution in [-0.4, -0.2) is 91.4 Å². The highest BCUT2D eigenvalue weighted by atomic mass is 16.4. The molecule has 0 aliphatic heterocycles. The van der Waals surface area contributed by atoms with Gasteiger partial charge in [-0.3, -0.25) is 24.0 Å². The van der Waals surface area contributed by atoms with Gasteiger partial charge in [0.1, 0.15) is 17.8 Å². The van der Waals surface area contributed by atoms with Crippen LogP contribution in [0.15, 0.2) is 24.3 Å². The first kappa shape index (κ1) is 29.8. The summed E-state index contributed by atoms with van der Waals surface area (Å²) >= 11 is 0. The molecular weight excluding hydrogens is 484 g/mol. The fourth-order valence-corrected chi connectivity index (χ4v) is 2.94. The minimum Gasteiger partial charge on any atom is -0.508 e. The van der Waals surface area contributed by atoms with Gasteiger partial charge in [-0.15, -0.1) is 0 Å². The van der Waals surface area contributed by atoms with Gasteiger partial charge in [0.2, 0.25) is 17.7 Å². The third kappa shape index (κ3) is 9.94. The van der Waals surface area contributed by atoms with Gasteiger partial charge in [0, 0.05) is 6.42 Å². The molecule has 3 amide bonds. The smallest absolute Gasteiger partial charge is 0.328 e.